The number of phenols is 1. The number of para-hydroxylation sites is 1. The van der Waals surface area contributed by atoms with Crippen molar-refractivity contribution in [2.75, 3.05) is 4.90 Å². The molecule has 1 N–H and O–H groups in total. The minimum absolute atomic E-state index is 0.0838. The zero-order valence-electron chi connectivity index (χ0n) is 9.78. The van der Waals surface area contributed by atoms with Crippen molar-refractivity contribution < 1.29 is 9.90 Å². The number of carbonyl (C=O) groups is 1. The van der Waals surface area contributed by atoms with Gasteiger partial charge in [-0.25, -0.2) is 0 Å². The van der Waals surface area contributed by atoms with Crippen LogP contribution in [0.25, 0.3) is 0 Å². The fourth-order valence-electron chi connectivity index (χ4n) is 2.29. The number of carbonyl (C=O) groups excluding carboxylic acids is 1. The second-order valence-corrected chi connectivity index (χ2v) is 4.41. The molecule has 18 heavy (non-hydrogen) atoms. The Balaban J connectivity index is 1.90. The summed E-state index contributed by atoms with van der Waals surface area (Å²) in [5.41, 5.74) is 1.98. The van der Waals surface area contributed by atoms with Gasteiger partial charge in [-0.05, 0) is 29.8 Å². The molecular weight excluding hydrogens is 226 g/mol. The van der Waals surface area contributed by atoms with Crippen LogP contribution in [0.4, 0.5) is 5.69 Å². The van der Waals surface area contributed by atoms with E-state index in [-0.39, 0.29) is 17.7 Å². The molecule has 1 aliphatic rings. The summed E-state index contributed by atoms with van der Waals surface area (Å²) in [6, 6.07) is 16.8. The summed E-state index contributed by atoms with van der Waals surface area (Å²) in [6.45, 7) is 0. The van der Waals surface area contributed by atoms with Gasteiger partial charge in [-0.3, -0.25) is 4.79 Å². The van der Waals surface area contributed by atoms with Crippen LogP contribution in [0, 0.1) is 0 Å². The zero-order chi connectivity index (χ0) is 12.5. The minimum Gasteiger partial charge on any atom is -0.508 e. The van der Waals surface area contributed by atoms with E-state index in [1.807, 2.05) is 42.5 Å². The zero-order valence-corrected chi connectivity index (χ0v) is 9.78. The van der Waals surface area contributed by atoms with E-state index >= 15 is 0 Å². The standard InChI is InChI=1S/C15H13NO2/c17-13-8-6-11(7-9-13)14-10-15(18)16(14)12-4-2-1-3-5-12/h1-9,14,17H,10H2. The number of β-lactam (4-membered cyclic amide) rings is 1. The first-order chi connectivity index (χ1) is 8.75. The van der Waals surface area contributed by atoms with Crippen molar-refractivity contribution in [1.29, 1.82) is 0 Å². The molecule has 1 aliphatic heterocycles. The average molecular weight is 239 g/mol. The van der Waals surface area contributed by atoms with Crippen molar-refractivity contribution in [3.8, 4) is 5.75 Å². The van der Waals surface area contributed by atoms with Gasteiger partial charge >= 0.3 is 0 Å². The van der Waals surface area contributed by atoms with Crippen LogP contribution in [-0.4, -0.2) is 11.0 Å². The molecule has 90 valence electrons. The number of hydrogen-bond acceptors (Lipinski definition) is 2. The Morgan fingerprint density at radius 2 is 1.67 bits per heavy atom. The summed E-state index contributed by atoms with van der Waals surface area (Å²) in [5.74, 6) is 0.384. The van der Waals surface area contributed by atoms with E-state index in [1.165, 1.54) is 0 Å². The summed E-state index contributed by atoms with van der Waals surface area (Å²) < 4.78 is 0. The summed E-state index contributed by atoms with van der Waals surface area (Å²) in [6.07, 6.45) is 0.527. The largest absolute Gasteiger partial charge is 0.508 e. The number of anilines is 1. The van der Waals surface area contributed by atoms with Crippen LogP contribution in [0.15, 0.2) is 54.6 Å². The first-order valence-electron chi connectivity index (χ1n) is 5.92. The van der Waals surface area contributed by atoms with Crippen molar-refractivity contribution in [3.05, 3.63) is 60.2 Å². The lowest BCUT2D eigenvalue weighted by Crippen LogP contribution is -2.46. The highest BCUT2D eigenvalue weighted by Gasteiger charge is 2.37. The van der Waals surface area contributed by atoms with Gasteiger partial charge in [0.05, 0.1) is 12.5 Å². The highest BCUT2D eigenvalue weighted by Crippen LogP contribution is 2.38. The maximum atomic E-state index is 11.8. The lowest BCUT2D eigenvalue weighted by Gasteiger charge is -2.40. The smallest absolute Gasteiger partial charge is 0.230 e. The first-order valence-corrected chi connectivity index (χ1v) is 5.92. The van der Waals surface area contributed by atoms with Gasteiger partial charge in [-0.2, -0.15) is 0 Å². The molecule has 1 heterocycles. The quantitative estimate of drug-likeness (QED) is 0.818. The van der Waals surface area contributed by atoms with Crippen LogP contribution < -0.4 is 4.90 Å². The predicted octanol–water partition coefficient (Wildman–Crippen LogP) is 2.87. The highest BCUT2D eigenvalue weighted by molar-refractivity contribution is 6.01. The number of phenolic OH excluding ortho intramolecular Hbond substituents is 1. The molecule has 0 aromatic heterocycles. The lowest BCUT2D eigenvalue weighted by molar-refractivity contribution is -0.124. The number of aromatic hydroxyl groups is 1. The van der Waals surface area contributed by atoms with Gasteiger partial charge < -0.3 is 10.0 Å². The van der Waals surface area contributed by atoms with Crippen LogP contribution in [0.1, 0.15) is 18.0 Å². The van der Waals surface area contributed by atoms with Gasteiger partial charge in [0.25, 0.3) is 0 Å². The third kappa shape index (κ3) is 1.74. The van der Waals surface area contributed by atoms with E-state index in [2.05, 4.69) is 0 Å². The molecule has 1 fully saturated rings. The molecule has 1 amide bonds. The highest BCUT2D eigenvalue weighted by atomic mass is 16.3. The van der Waals surface area contributed by atoms with E-state index in [1.54, 1.807) is 17.0 Å². The van der Waals surface area contributed by atoms with Gasteiger partial charge in [0.15, 0.2) is 0 Å². The summed E-state index contributed by atoms with van der Waals surface area (Å²) in [7, 11) is 0. The van der Waals surface area contributed by atoms with Crippen LogP contribution in [0.3, 0.4) is 0 Å². The Kier molecular flexibility index (Phi) is 2.52. The van der Waals surface area contributed by atoms with Crippen LogP contribution in [0.5, 0.6) is 5.75 Å². The molecule has 2 aromatic rings. The summed E-state index contributed by atoms with van der Waals surface area (Å²) in [5, 5.41) is 9.28. The maximum Gasteiger partial charge on any atom is 0.230 e. The summed E-state index contributed by atoms with van der Waals surface area (Å²) >= 11 is 0. The van der Waals surface area contributed by atoms with E-state index in [9.17, 15) is 9.90 Å². The summed E-state index contributed by atoms with van der Waals surface area (Å²) in [4.78, 5) is 13.6. The fourth-order valence-corrected chi connectivity index (χ4v) is 2.29. The van der Waals surface area contributed by atoms with E-state index in [4.69, 9.17) is 0 Å². The molecule has 3 nitrogen and oxygen atoms in total. The van der Waals surface area contributed by atoms with Crippen LogP contribution in [-0.2, 0) is 4.79 Å². The van der Waals surface area contributed by atoms with Crippen molar-refractivity contribution >= 4 is 11.6 Å². The number of nitrogens with zero attached hydrogens (tertiary/aromatic N) is 1. The number of amides is 1. The SMILES string of the molecule is O=C1CC(c2ccc(O)cc2)N1c1ccccc1. The average Bonchev–Trinajstić information content (AvgIpc) is 2.38. The Labute approximate surface area is 105 Å². The molecule has 0 spiro atoms. The second-order valence-electron chi connectivity index (χ2n) is 4.41. The van der Waals surface area contributed by atoms with Gasteiger partial charge in [0.1, 0.15) is 5.75 Å². The topological polar surface area (TPSA) is 40.5 Å². The molecule has 1 atom stereocenters. The Morgan fingerprint density at radius 3 is 2.28 bits per heavy atom. The van der Waals surface area contributed by atoms with Gasteiger partial charge in [0, 0.05) is 5.69 Å². The molecule has 0 bridgehead atoms. The fraction of sp³-hybridized carbons (Fsp3) is 0.133. The molecular formula is C15H13NO2. The molecule has 0 radical (unpaired) electrons. The number of hydrogen-bond donors (Lipinski definition) is 1. The number of benzene rings is 2. The van der Waals surface area contributed by atoms with Gasteiger partial charge in [-0.1, -0.05) is 30.3 Å². The van der Waals surface area contributed by atoms with E-state index in [0.29, 0.717) is 6.42 Å². The van der Waals surface area contributed by atoms with E-state index in [0.717, 1.165) is 11.3 Å². The third-order valence-corrected chi connectivity index (χ3v) is 3.26. The van der Waals surface area contributed by atoms with Crippen molar-refractivity contribution in [3.63, 3.8) is 0 Å². The van der Waals surface area contributed by atoms with Gasteiger partial charge in [-0.15, -0.1) is 0 Å². The van der Waals surface area contributed by atoms with E-state index < -0.39 is 0 Å². The molecule has 0 aliphatic carbocycles. The van der Waals surface area contributed by atoms with Crippen molar-refractivity contribution in [2.24, 2.45) is 0 Å². The number of rotatable bonds is 2. The molecule has 3 rings (SSSR count). The molecule has 3 heteroatoms. The van der Waals surface area contributed by atoms with Crippen molar-refractivity contribution in [2.45, 2.75) is 12.5 Å². The van der Waals surface area contributed by atoms with Crippen LogP contribution >= 0.6 is 0 Å². The Hall–Kier alpha value is -2.29. The normalized spacial score (nSPS) is 18.6. The third-order valence-electron chi connectivity index (χ3n) is 3.26. The Bertz CT molecular complexity index is 563. The Morgan fingerprint density at radius 1 is 1.00 bits per heavy atom. The monoisotopic (exact) mass is 239 g/mol. The molecule has 0 saturated carbocycles. The van der Waals surface area contributed by atoms with Crippen molar-refractivity contribution in [1.82, 2.24) is 0 Å². The molecule has 1 unspecified atom stereocenters. The second kappa shape index (κ2) is 4.18. The molecule has 1 saturated heterocycles. The first kappa shape index (κ1) is 10.8. The predicted molar refractivity (Wildman–Crippen MR) is 69.4 cm³/mol. The molecule has 2 aromatic carbocycles. The lowest BCUT2D eigenvalue weighted by atomic mass is 9.93. The minimum atomic E-state index is 0.0838. The van der Waals surface area contributed by atoms with Crippen LogP contribution in [0.2, 0.25) is 0 Å². The van der Waals surface area contributed by atoms with Gasteiger partial charge in [0.2, 0.25) is 5.91 Å². The maximum absolute atomic E-state index is 11.8.